The van der Waals surface area contributed by atoms with Gasteiger partial charge < -0.3 is 5.11 Å². The summed E-state index contributed by atoms with van der Waals surface area (Å²) in [6.07, 6.45) is -3.16. The van der Waals surface area contributed by atoms with Crippen molar-refractivity contribution in [3.8, 4) is 5.69 Å². The monoisotopic (exact) mass is 256 g/mol. The van der Waals surface area contributed by atoms with Crippen LogP contribution in [-0.2, 0) is 0 Å². The van der Waals surface area contributed by atoms with Crippen LogP contribution < -0.4 is 0 Å². The maximum atomic E-state index is 13.8. The molecule has 1 heterocycles. The van der Waals surface area contributed by atoms with E-state index in [9.17, 15) is 18.0 Å². The van der Waals surface area contributed by atoms with Crippen LogP contribution in [0.1, 0.15) is 22.5 Å². The largest absolute Gasteiger partial charge is 0.477 e. The Morgan fingerprint density at radius 3 is 2.33 bits per heavy atom. The number of alkyl halides is 2. The number of nitrogens with zero attached hydrogens (tertiary/aromatic N) is 2. The fraction of sp³-hybridized carbons (Fsp3) is 0.0909. The predicted octanol–water partition coefficient (Wildman–Crippen LogP) is 2.65. The first kappa shape index (κ1) is 12.2. The average Bonchev–Trinajstić information content (AvgIpc) is 2.68. The number of aromatic nitrogens is 2. The molecule has 0 aliphatic carbocycles. The Morgan fingerprint density at radius 1 is 1.28 bits per heavy atom. The van der Waals surface area contributed by atoms with Crippen molar-refractivity contribution < 1.29 is 23.1 Å². The van der Waals surface area contributed by atoms with Gasteiger partial charge in [0, 0.05) is 0 Å². The van der Waals surface area contributed by atoms with E-state index in [-0.39, 0.29) is 5.69 Å². The zero-order chi connectivity index (χ0) is 13.3. The van der Waals surface area contributed by atoms with E-state index in [1.54, 1.807) is 18.2 Å². The standard InChI is InChI=1S/C11H7F3N2O2/c12-9(13)8-7(11(17)18)10(14)16(15-8)6-4-2-1-3-5-6/h1-5,9H,(H,17,18). The molecule has 0 amide bonds. The summed E-state index contributed by atoms with van der Waals surface area (Å²) in [5, 5.41) is 12.0. The number of carboxylic acids is 1. The summed E-state index contributed by atoms with van der Waals surface area (Å²) in [4.78, 5) is 10.8. The first-order valence-corrected chi connectivity index (χ1v) is 4.87. The van der Waals surface area contributed by atoms with Crippen LogP contribution in [0.5, 0.6) is 0 Å². The molecule has 7 heteroatoms. The Morgan fingerprint density at radius 2 is 1.89 bits per heavy atom. The third-order valence-corrected chi connectivity index (χ3v) is 2.28. The van der Waals surface area contributed by atoms with E-state index in [0.29, 0.717) is 4.68 Å². The van der Waals surface area contributed by atoms with Crippen LogP contribution in [0.15, 0.2) is 30.3 Å². The number of carboxylic acid groups (broad SMARTS) is 1. The topological polar surface area (TPSA) is 55.1 Å². The first-order chi connectivity index (χ1) is 8.52. The maximum absolute atomic E-state index is 13.8. The molecule has 0 aliphatic heterocycles. The second-order valence-corrected chi connectivity index (χ2v) is 3.40. The van der Waals surface area contributed by atoms with E-state index in [1.165, 1.54) is 12.1 Å². The highest BCUT2D eigenvalue weighted by molar-refractivity contribution is 5.89. The Bertz CT molecular complexity index is 581. The lowest BCUT2D eigenvalue weighted by atomic mass is 10.2. The van der Waals surface area contributed by atoms with Crippen molar-refractivity contribution >= 4 is 5.97 Å². The second kappa shape index (κ2) is 4.52. The minimum absolute atomic E-state index is 0.171. The molecule has 0 aliphatic rings. The molecule has 0 fully saturated rings. The zero-order valence-electron chi connectivity index (χ0n) is 8.85. The molecule has 1 aromatic heterocycles. The third-order valence-electron chi connectivity index (χ3n) is 2.28. The van der Waals surface area contributed by atoms with Gasteiger partial charge in [0.05, 0.1) is 5.69 Å². The van der Waals surface area contributed by atoms with E-state index < -0.39 is 29.6 Å². The number of hydrogen-bond donors (Lipinski definition) is 1. The molecule has 4 nitrogen and oxygen atoms in total. The Hall–Kier alpha value is -2.31. The summed E-state index contributed by atoms with van der Waals surface area (Å²) in [5.41, 5.74) is -2.01. The molecular weight excluding hydrogens is 249 g/mol. The van der Waals surface area contributed by atoms with Crippen LogP contribution in [0.2, 0.25) is 0 Å². The van der Waals surface area contributed by atoms with Crippen molar-refractivity contribution in [2.24, 2.45) is 0 Å². The van der Waals surface area contributed by atoms with Crippen molar-refractivity contribution in [1.82, 2.24) is 9.78 Å². The van der Waals surface area contributed by atoms with Gasteiger partial charge in [-0.15, -0.1) is 0 Å². The second-order valence-electron chi connectivity index (χ2n) is 3.40. The molecule has 18 heavy (non-hydrogen) atoms. The smallest absolute Gasteiger partial charge is 0.342 e. The van der Waals surface area contributed by atoms with Crippen molar-refractivity contribution in [2.75, 3.05) is 0 Å². The number of benzene rings is 1. The number of para-hydroxylation sites is 1. The summed E-state index contributed by atoms with van der Waals surface area (Å²) in [6, 6.07) is 7.61. The molecule has 2 rings (SSSR count). The van der Waals surface area contributed by atoms with Crippen molar-refractivity contribution in [3.05, 3.63) is 47.5 Å². The molecule has 0 radical (unpaired) electrons. The quantitative estimate of drug-likeness (QED) is 0.918. The molecule has 1 aromatic carbocycles. The van der Waals surface area contributed by atoms with E-state index in [4.69, 9.17) is 5.11 Å². The Kier molecular flexibility index (Phi) is 3.05. The number of aromatic carboxylic acids is 1. The highest BCUT2D eigenvalue weighted by Gasteiger charge is 2.29. The molecule has 0 bridgehead atoms. The molecular formula is C11H7F3N2O2. The van der Waals surface area contributed by atoms with Gasteiger partial charge in [0.2, 0.25) is 5.95 Å². The molecule has 0 spiro atoms. The maximum Gasteiger partial charge on any atom is 0.342 e. The van der Waals surface area contributed by atoms with Crippen LogP contribution >= 0.6 is 0 Å². The van der Waals surface area contributed by atoms with Crippen molar-refractivity contribution in [1.29, 1.82) is 0 Å². The van der Waals surface area contributed by atoms with Gasteiger partial charge in [-0.25, -0.2) is 18.3 Å². The lowest BCUT2D eigenvalue weighted by Gasteiger charge is -2.00. The SMILES string of the molecule is O=C(O)c1c(C(F)F)nn(-c2ccccc2)c1F. The van der Waals surface area contributed by atoms with Gasteiger partial charge in [0.1, 0.15) is 11.3 Å². The van der Waals surface area contributed by atoms with Crippen molar-refractivity contribution in [3.63, 3.8) is 0 Å². The molecule has 0 atom stereocenters. The van der Waals surface area contributed by atoms with E-state index in [1.807, 2.05) is 0 Å². The normalized spacial score (nSPS) is 10.9. The predicted molar refractivity (Wildman–Crippen MR) is 55.4 cm³/mol. The van der Waals surface area contributed by atoms with Gasteiger partial charge in [0.15, 0.2) is 0 Å². The summed E-state index contributed by atoms with van der Waals surface area (Å²) in [7, 11) is 0. The van der Waals surface area contributed by atoms with Crippen LogP contribution in [0.4, 0.5) is 13.2 Å². The Labute approximate surface area is 99.3 Å². The minimum Gasteiger partial charge on any atom is -0.477 e. The lowest BCUT2D eigenvalue weighted by molar-refractivity contribution is 0.0678. The van der Waals surface area contributed by atoms with Gasteiger partial charge in [-0.05, 0) is 12.1 Å². The van der Waals surface area contributed by atoms with Gasteiger partial charge >= 0.3 is 5.97 Å². The lowest BCUT2D eigenvalue weighted by Crippen LogP contribution is -2.04. The van der Waals surface area contributed by atoms with Gasteiger partial charge in [-0.1, -0.05) is 18.2 Å². The van der Waals surface area contributed by atoms with E-state index in [2.05, 4.69) is 5.10 Å². The van der Waals surface area contributed by atoms with Crippen LogP contribution in [0.3, 0.4) is 0 Å². The van der Waals surface area contributed by atoms with E-state index >= 15 is 0 Å². The molecule has 1 N–H and O–H groups in total. The number of rotatable bonds is 3. The van der Waals surface area contributed by atoms with E-state index in [0.717, 1.165) is 0 Å². The van der Waals surface area contributed by atoms with Gasteiger partial charge in [-0.3, -0.25) is 0 Å². The minimum atomic E-state index is -3.16. The summed E-state index contributed by atoms with van der Waals surface area (Å²) in [6.45, 7) is 0. The molecule has 2 aromatic rings. The fourth-order valence-corrected chi connectivity index (χ4v) is 1.50. The molecule has 94 valence electrons. The number of carbonyl (C=O) groups is 1. The summed E-state index contributed by atoms with van der Waals surface area (Å²) in [5.74, 6) is -3.09. The third kappa shape index (κ3) is 1.94. The Balaban J connectivity index is 2.64. The van der Waals surface area contributed by atoms with Gasteiger partial charge in [-0.2, -0.15) is 9.49 Å². The summed E-state index contributed by atoms with van der Waals surface area (Å²) >= 11 is 0. The fourth-order valence-electron chi connectivity index (χ4n) is 1.50. The van der Waals surface area contributed by atoms with Crippen LogP contribution in [0, 0.1) is 5.95 Å². The van der Waals surface area contributed by atoms with Crippen molar-refractivity contribution in [2.45, 2.75) is 6.43 Å². The molecule has 0 saturated heterocycles. The first-order valence-electron chi connectivity index (χ1n) is 4.87. The van der Waals surface area contributed by atoms with Crippen LogP contribution in [-0.4, -0.2) is 20.9 Å². The highest BCUT2D eigenvalue weighted by Crippen LogP contribution is 2.25. The summed E-state index contributed by atoms with van der Waals surface area (Å²) < 4.78 is 39.5. The van der Waals surface area contributed by atoms with Crippen LogP contribution in [0.25, 0.3) is 5.69 Å². The number of hydrogen-bond acceptors (Lipinski definition) is 2. The molecule has 0 saturated carbocycles. The highest BCUT2D eigenvalue weighted by atomic mass is 19.3. The average molecular weight is 256 g/mol. The molecule has 0 unspecified atom stereocenters. The zero-order valence-corrected chi connectivity index (χ0v) is 8.85. The number of halogens is 3. The van der Waals surface area contributed by atoms with Gasteiger partial charge in [0.25, 0.3) is 6.43 Å².